The molecular weight excluding hydrogens is 273 g/mol. The summed E-state index contributed by atoms with van der Waals surface area (Å²) in [6, 6.07) is 5.71. The molecule has 112 valence electrons. The molecule has 0 aliphatic heterocycles. The van der Waals surface area contributed by atoms with Crippen LogP contribution < -0.4 is 15.8 Å². The van der Waals surface area contributed by atoms with E-state index in [0.717, 1.165) is 0 Å². The van der Waals surface area contributed by atoms with Gasteiger partial charge in [-0.25, -0.2) is 0 Å². The lowest BCUT2D eigenvalue weighted by atomic mass is 10.1. The zero-order chi connectivity index (χ0) is 15.2. The van der Waals surface area contributed by atoms with Gasteiger partial charge in [-0.1, -0.05) is 6.92 Å². The van der Waals surface area contributed by atoms with E-state index >= 15 is 0 Å². The van der Waals surface area contributed by atoms with Crippen molar-refractivity contribution in [1.29, 1.82) is 0 Å². The van der Waals surface area contributed by atoms with E-state index in [1.54, 1.807) is 6.92 Å². The Hall–Kier alpha value is -1.76. The van der Waals surface area contributed by atoms with Crippen molar-refractivity contribution < 1.29 is 22.7 Å². The van der Waals surface area contributed by atoms with E-state index in [-0.39, 0.29) is 17.6 Å². The predicted molar refractivity (Wildman–Crippen MR) is 69.5 cm³/mol. The summed E-state index contributed by atoms with van der Waals surface area (Å²) in [6.07, 6.45) is -3.80. The van der Waals surface area contributed by atoms with Gasteiger partial charge in [0, 0.05) is 11.6 Å². The maximum Gasteiger partial charge on any atom is 0.422 e. The monoisotopic (exact) mass is 290 g/mol. The van der Waals surface area contributed by atoms with Crippen LogP contribution in [0.1, 0.15) is 13.3 Å². The van der Waals surface area contributed by atoms with Crippen molar-refractivity contribution in [3.63, 3.8) is 0 Å². The normalized spacial score (nSPS) is 12.8. The number of anilines is 1. The van der Waals surface area contributed by atoms with Gasteiger partial charge in [-0.2, -0.15) is 13.2 Å². The van der Waals surface area contributed by atoms with Gasteiger partial charge in [0.05, 0.1) is 0 Å². The number of ether oxygens (including phenoxy) is 1. The van der Waals surface area contributed by atoms with Gasteiger partial charge < -0.3 is 15.8 Å². The summed E-state index contributed by atoms with van der Waals surface area (Å²) in [5.41, 5.74) is 5.86. The highest BCUT2D eigenvalue weighted by Gasteiger charge is 2.28. The summed E-state index contributed by atoms with van der Waals surface area (Å²) in [4.78, 5) is 11.7. The van der Waals surface area contributed by atoms with Crippen LogP contribution in [0.2, 0.25) is 0 Å². The zero-order valence-corrected chi connectivity index (χ0v) is 11.0. The molecule has 0 aliphatic carbocycles. The molecule has 0 radical (unpaired) electrons. The Labute approximate surface area is 115 Å². The first-order chi connectivity index (χ1) is 9.31. The van der Waals surface area contributed by atoms with Gasteiger partial charge in [-0.3, -0.25) is 4.79 Å². The average Bonchev–Trinajstić information content (AvgIpc) is 2.37. The van der Waals surface area contributed by atoms with Crippen molar-refractivity contribution in [2.24, 2.45) is 11.7 Å². The first-order valence-electron chi connectivity index (χ1n) is 6.12. The van der Waals surface area contributed by atoms with Crippen molar-refractivity contribution in [2.45, 2.75) is 19.5 Å². The number of halogens is 3. The number of hydrogen-bond acceptors (Lipinski definition) is 3. The van der Waals surface area contributed by atoms with Crippen LogP contribution in [0.25, 0.3) is 0 Å². The van der Waals surface area contributed by atoms with Crippen molar-refractivity contribution in [1.82, 2.24) is 0 Å². The summed E-state index contributed by atoms with van der Waals surface area (Å²) in [5, 5.41) is 2.65. The molecule has 1 aromatic carbocycles. The summed E-state index contributed by atoms with van der Waals surface area (Å²) in [6.45, 7) is 0.827. The lowest BCUT2D eigenvalue weighted by molar-refractivity contribution is -0.153. The second-order valence-electron chi connectivity index (χ2n) is 4.40. The van der Waals surface area contributed by atoms with Gasteiger partial charge in [0.2, 0.25) is 5.91 Å². The molecule has 0 saturated carbocycles. The molecule has 20 heavy (non-hydrogen) atoms. The molecule has 1 amide bonds. The van der Waals surface area contributed by atoms with Crippen molar-refractivity contribution in [3.8, 4) is 5.75 Å². The highest BCUT2D eigenvalue weighted by molar-refractivity contribution is 5.92. The van der Waals surface area contributed by atoms with Gasteiger partial charge in [0.1, 0.15) is 5.75 Å². The minimum Gasteiger partial charge on any atom is -0.484 e. The Bertz CT molecular complexity index is 432. The largest absolute Gasteiger partial charge is 0.484 e. The molecular formula is C13H17F3N2O2. The first-order valence-corrected chi connectivity index (χ1v) is 6.12. The Morgan fingerprint density at radius 2 is 1.95 bits per heavy atom. The molecule has 0 heterocycles. The predicted octanol–water partition coefficient (Wildman–Crippen LogP) is 2.55. The summed E-state index contributed by atoms with van der Waals surface area (Å²) >= 11 is 0. The standard InChI is InChI=1S/C13H17F3N2O2/c1-9(6-7-17)12(19)18-10-2-4-11(5-3-10)20-8-13(14,15)16/h2-5,9H,6-8,17H2,1H3,(H,18,19). The number of nitrogens with two attached hydrogens (primary N) is 1. The minimum absolute atomic E-state index is 0.0929. The maximum absolute atomic E-state index is 12.0. The molecule has 7 heteroatoms. The van der Waals surface area contributed by atoms with Crippen LogP contribution in [0.4, 0.5) is 18.9 Å². The van der Waals surface area contributed by atoms with Crippen molar-refractivity contribution >= 4 is 11.6 Å². The smallest absolute Gasteiger partial charge is 0.422 e. The number of amides is 1. The molecule has 1 unspecified atom stereocenters. The van der Waals surface area contributed by atoms with E-state index in [1.807, 2.05) is 0 Å². The van der Waals surface area contributed by atoms with Crippen LogP contribution >= 0.6 is 0 Å². The van der Waals surface area contributed by atoms with Crippen LogP contribution in [0.15, 0.2) is 24.3 Å². The second-order valence-corrected chi connectivity index (χ2v) is 4.40. The fraction of sp³-hybridized carbons (Fsp3) is 0.462. The lowest BCUT2D eigenvalue weighted by Gasteiger charge is -2.12. The molecule has 1 atom stereocenters. The molecule has 1 rings (SSSR count). The number of benzene rings is 1. The highest BCUT2D eigenvalue weighted by atomic mass is 19.4. The maximum atomic E-state index is 12.0. The number of carbonyl (C=O) groups excluding carboxylic acids is 1. The van der Waals surface area contributed by atoms with E-state index in [1.165, 1.54) is 24.3 Å². The van der Waals surface area contributed by atoms with Crippen molar-refractivity contribution in [3.05, 3.63) is 24.3 Å². The highest BCUT2D eigenvalue weighted by Crippen LogP contribution is 2.20. The zero-order valence-electron chi connectivity index (χ0n) is 11.0. The quantitative estimate of drug-likeness (QED) is 0.846. The number of carbonyl (C=O) groups is 1. The Morgan fingerprint density at radius 3 is 2.45 bits per heavy atom. The van der Waals surface area contributed by atoms with Gasteiger partial charge >= 0.3 is 6.18 Å². The molecule has 0 saturated heterocycles. The average molecular weight is 290 g/mol. The Morgan fingerprint density at radius 1 is 1.35 bits per heavy atom. The summed E-state index contributed by atoms with van der Waals surface area (Å²) < 4.78 is 40.4. The second kappa shape index (κ2) is 7.14. The summed E-state index contributed by atoms with van der Waals surface area (Å²) in [5.74, 6) is -0.309. The van der Waals surface area contributed by atoms with Crippen LogP contribution in [0.5, 0.6) is 5.75 Å². The number of rotatable bonds is 6. The van der Waals surface area contributed by atoms with Crippen LogP contribution in [0, 0.1) is 5.92 Å². The molecule has 1 aromatic rings. The molecule has 4 nitrogen and oxygen atoms in total. The van der Waals surface area contributed by atoms with E-state index < -0.39 is 12.8 Å². The van der Waals surface area contributed by atoms with Crippen molar-refractivity contribution in [2.75, 3.05) is 18.5 Å². The van der Waals surface area contributed by atoms with Crippen LogP contribution in [-0.2, 0) is 4.79 Å². The third kappa shape index (κ3) is 5.92. The number of nitrogens with one attached hydrogen (secondary N) is 1. The number of alkyl halides is 3. The topological polar surface area (TPSA) is 64.4 Å². The fourth-order valence-electron chi connectivity index (χ4n) is 1.45. The Balaban J connectivity index is 2.52. The molecule has 0 fully saturated rings. The lowest BCUT2D eigenvalue weighted by Crippen LogP contribution is -2.22. The SMILES string of the molecule is CC(CCN)C(=O)Nc1ccc(OCC(F)(F)F)cc1. The third-order valence-corrected chi connectivity index (χ3v) is 2.57. The first kappa shape index (κ1) is 16.3. The molecule has 0 spiro atoms. The molecule has 0 bridgehead atoms. The van der Waals surface area contributed by atoms with Gasteiger partial charge in [-0.05, 0) is 37.2 Å². The van der Waals surface area contributed by atoms with Crippen LogP contribution in [0.3, 0.4) is 0 Å². The third-order valence-electron chi connectivity index (χ3n) is 2.57. The van der Waals surface area contributed by atoms with E-state index in [0.29, 0.717) is 18.7 Å². The summed E-state index contributed by atoms with van der Waals surface area (Å²) in [7, 11) is 0. The Kier molecular flexibility index (Phi) is 5.82. The van der Waals surface area contributed by atoms with Gasteiger partial charge in [0.15, 0.2) is 6.61 Å². The van der Waals surface area contributed by atoms with Gasteiger partial charge in [0.25, 0.3) is 0 Å². The van der Waals surface area contributed by atoms with Gasteiger partial charge in [-0.15, -0.1) is 0 Å². The van der Waals surface area contributed by atoms with E-state index in [4.69, 9.17) is 5.73 Å². The molecule has 0 aromatic heterocycles. The van der Waals surface area contributed by atoms with Crippen LogP contribution in [-0.4, -0.2) is 25.2 Å². The number of hydrogen-bond donors (Lipinski definition) is 2. The minimum atomic E-state index is -4.37. The molecule has 0 aliphatic rings. The van der Waals surface area contributed by atoms with E-state index in [2.05, 4.69) is 10.1 Å². The fourth-order valence-corrected chi connectivity index (χ4v) is 1.45. The molecule has 3 N–H and O–H groups in total. The van der Waals surface area contributed by atoms with E-state index in [9.17, 15) is 18.0 Å².